The van der Waals surface area contributed by atoms with Gasteiger partial charge in [-0.2, -0.15) is 0 Å². The van der Waals surface area contributed by atoms with Crippen LogP contribution in [0.1, 0.15) is 25.8 Å². The second kappa shape index (κ2) is 7.79. The molecule has 1 aromatic carbocycles. The Morgan fingerprint density at radius 2 is 2.11 bits per heavy atom. The van der Waals surface area contributed by atoms with Crippen molar-refractivity contribution in [3.05, 3.63) is 29.8 Å². The van der Waals surface area contributed by atoms with Crippen molar-refractivity contribution in [3.63, 3.8) is 0 Å². The highest BCUT2D eigenvalue weighted by Gasteiger charge is 2.13. The van der Waals surface area contributed by atoms with E-state index < -0.39 is 0 Å². The van der Waals surface area contributed by atoms with Gasteiger partial charge in [-0.15, -0.1) is 0 Å². The van der Waals surface area contributed by atoms with E-state index in [0.29, 0.717) is 25.6 Å². The Hall–Kier alpha value is -1.55. The monoisotopic (exact) mass is 264 g/mol. The summed E-state index contributed by atoms with van der Waals surface area (Å²) in [6, 6.07) is 8.23. The lowest BCUT2D eigenvalue weighted by Gasteiger charge is -2.24. The number of nitrogen functional groups attached to an aromatic ring is 1. The zero-order valence-electron chi connectivity index (χ0n) is 12.1. The van der Waals surface area contributed by atoms with Crippen LogP contribution >= 0.6 is 0 Å². The molecule has 2 N–H and O–H groups in total. The fourth-order valence-electron chi connectivity index (χ4n) is 1.92. The summed E-state index contributed by atoms with van der Waals surface area (Å²) in [7, 11) is 2.02. The normalized spacial score (nSPS) is 12.4. The molecular weight excluding hydrogens is 240 g/mol. The summed E-state index contributed by atoms with van der Waals surface area (Å²) in [5, 5.41) is 0. The van der Waals surface area contributed by atoms with Crippen molar-refractivity contribution in [1.29, 1.82) is 0 Å². The summed E-state index contributed by atoms with van der Waals surface area (Å²) in [5.41, 5.74) is 7.92. The molecule has 1 rings (SSSR count). The van der Waals surface area contributed by atoms with Crippen LogP contribution in [-0.4, -0.2) is 37.1 Å². The van der Waals surface area contributed by atoms with Gasteiger partial charge in [0.15, 0.2) is 0 Å². The Kier molecular flexibility index (Phi) is 6.36. The summed E-state index contributed by atoms with van der Waals surface area (Å²) in [5.74, 6) is -0.138. The molecule has 1 aromatic rings. The Bertz CT molecular complexity index is 407. The number of hydrogen-bond donors (Lipinski definition) is 1. The first-order valence-corrected chi connectivity index (χ1v) is 6.73. The van der Waals surface area contributed by atoms with Crippen LogP contribution in [0.2, 0.25) is 0 Å². The number of hydrogen-bond acceptors (Lipinski definition) is 4. The largest absolute Gasteiger partial charge is 0.466 e. The topological polar surface area (TPSA) is 55.6 Å². The third-order valence-corrected chi connectivity index (χ3v) is 3.30. The lowest BCUT2D eigenvalue weighted by Crippen LogP contribution is -2.33. The van der Waals surface area contributed by atoms with Crippen molar-refractivity contribution in [1.82, 2.24) is 4.90 Å². The molecular formula is C15H24N2O2. The molecule has 0 amide bonds. The molecule has 4 nitrogen and oxygen atoms in total. The van der Waals surface area contributed by atoms with Crippen molar-refractivity contribution in [2.24, 2.45) is 0 Å². The molecule has 0 aliphatic rings. The minimum absolute atomic E-state index is 0.138. The van der Waals surface area contributed by atoms with Gasteiger partial charge in [0.05, 0.1) is 13.0 Å². The molecule has 0 heterocycles. The first-order valence-electron chi connectivity index (χ1n) is 6.73. The van der Waals surface area contributed by atoms with E-state index in [-0.39, 0.29) is 5.97 Å². The molecule has 0 saturated carbocycles. The van der Waals surface area contributed by atoms with Gasteiger partial charge in [-0.05, 0) is 38.9 Å². The molecule has 1 atom stereocenters. The van der Waals surface area contributed by atoms with Gasteiger partial charge in [-0.1, -0.05) is 18.2 Å². The molecule has 106 valence electrons. The lowest BCUT2D eigenvalue weighted by molar-refractivity contribution is -0.143. The van der Waals surface area contributed by atoms with Crippen molar-refractivity contribution >= 4 is 11.7 Å². The number of ether oxygens (including phenoxy) is 1. The third-order valence-electron chi connectivity index (χ3n) is 3.30. The number of anilines is 1. The molecule has 1 unspecified atom stereocenters. The van der Waals surface area contributed by atoms with Gasteiger partial charge in [0.1, 0.15) is 0 Å². The second-order valence-electron chi connectivity index (χ2n) is 4.79. The van der Waals surface area contributed by atoms with Crippen LogP contribution in [0.3, 0.4) is 0 Å². The first kappa shape index (κ1) is 15.5. The Morgan fingerprint density at radius 1 is 1.42 bits per heavy atom. The smallest absolute Gasteiger partial charge is 0.307 e. The number of esters is 1. The fourth-order valence-corrected chi connectivity index (χ4v) is 1.92. The average Bonchev–Trinajstić information content (AvgIpc) is 2.39. The van der Waals surface area contributed by atoms with Crippen LogP contribution in [0.15, 0.2) is 24.3 Å². The van der Waals surface area contributed by atoms with E-state index in [1.54, 1.807) is 0 Å². The molecule has 0 bridgehead atoms. The minimum Gasteiger partial charge on any atom is -0.466 e. The van der Waals surface area contributed by atoms with Crippen LogP contribution in [0.4, 0.5) is 5.69 Å². The van der Waals surface area contributed by atoms with Crippen LogP contribution < -0.4 is 5.73 Å². The van der Waals surface area contributed by atoms with Gasteiger partial charge in [0, 0.05) is 18.3 Å². The molecule has 19 heavy (non-hydrogen) atoms. The zero-order valence-corrected chi connectivity index (χ0v) is 12.1. The van der Waals surface area contributed by atoms with Gasteiger partial charge in [0.25, 0.3) is 0 Å². The summed E-state index contributed by atoms with van der Waals surface area (Å²) in [6.07, 6.45) is 1.31. The van der Waals surface area contributed by atoms with Crippen LogP contribution in [-0.2, 0) is 16.0 Å². The Balaban J connectivity index is 2.42. The predicted molar refractivity (Wildman–Crippen MR) is 77.9 cm³/mol. The van der Waals surface area contributed by atoms with E-state index in [9.17, 15) is 4.79 Å². The number of carbonyl (C=O) groups excluding carboxylic acids is 1. The molecule has 0 saturated heterocycles. The maximum atomic E-state index is 11.3. The number of likely N-dealkylation sites (N-methyl/N-ethyl adjacent to an activating group) is 1. The quantitative estimate of drug-likeness (QED) is 0.605. The van der Waals surface area contributed by atoms with Gasteiger partial charge in [-0.3, -0.25) is 4.79 Å². The molecule has 4 heteroatoms. The molecule has 0 fully saturated rings. The maximum Gasteiger partial charge on any atom is 0.307 e. The molecule has 0 aliphatic carbocycles. The molecule has 0 radical (unpaired) electrons. The number of carbonyl (C=O) groups is 1. The van der Waals surface area contributed by atoms with Gasteiger partial charge >= 0.3 is 5.97 Å². The van der Waals surface area contributed by atoms with Crippen molar-refractivity contribution in [2.45, 2.75) is 32.7 Å². The van der Waals surface area contributed by atoms with E-state index in [1.807, 2.05) is 38.2 Å². The molecule has 0 aliphatic heterocycles. The highest BCUT2D eigenvalue weighted by atomic mass is 16.5. The summed E-state index contributed by atoms with van der Waals surface area (Å²) in [4.78, 5) is 13.5. The molecule has 0 spiro atoms. The third kappa shape index (κ3) is 5.30. The van der Waals surface area contributed by atoms with E-state index in [1.165, 1.54) is 0 Å². The van der Waals surface area contributed by atoms with Gasteiger partial charge < -0.3 is 15.4 Å². The summed E-state index contributed by atoms with van der Waals surface area (Å²) < 4.78 is 4.92. The molecule has 0 aromatic heterocycles. The van der Waals surface area contributed by atoms with Crippen LogP contribution in [0, 0.1) is 0 Å². The summed E-state index contributed by atoms with van der Waals surface area (Å²) >= 11 is 0. The predicted octanol–water partition coefficient (Wildman–Crippen LogP) is 2.08. The Morgan fingerprint density at radius 3 is 2.74 bits per heavy atom. The van der Waals surface area contributed by atoms with Crippen molar-refractivity contribution < 1.29 is 9.53 Å². The van der Waals surface area contributed by atoms with Crippen molar-refractivity contribution in [2.75, 3.05) is 25.9 Å². The SMILES string of the molecule is CCOC(=O)CCN(C)C(C)Cc1ccccc1N. The zero-order chi connectivity index (χ0) is 14.3. The lowest BCUT2D eigenvalue weighted by atomic mass is 10.0. The number of nitrogens with zero attached hydrogens (tertiary/aromatic N) is 1. The second-order valence-corrected chi connectivity index (χ2v) is 4.79. The van der Waals surface area contributed by atoms with E-state index in [4.69, 9.17) is 10.5 Å². The average molecular weight is 264 g/mol. The number of para-hydroxylation sites is 1. The van der Waals surface area contributed by atoms with Gasteiger partial charge in [-0.25, -0.2) is 0 Å². The summed E-state index contributed by atoms with van der Waals surface area (Å²) in [6.45, 7) is 5.10. The minimum atomic E-state index is -0.138. The highest BCUT2D eigenvalue weighted by Crippen LogP contribution is 2.14. The first-order chi connectivity index (χ1) is 9.04. The van der Waals surface area contributed by atoms with Crippen molar-refractivity contribution in [3.8, 4) is 0 Å². The van der Waals surface area contributed by atoms with Crippen LogP contribution in [0.5, 0.6) is 0 Å². The van der Waals surface area contributed by atoms with E-state index in [0.717, 1.165) is 17.7 Å². The number of benzene rings is 1. The number of rotatable bonds is 7. The fraction of sp³-hybridized carbons (Fsp3) is 0.533. The van der Waals surface area contributed by atoms with Gasteiger partial charge in [0.2, 0.25) is 0 Å². The van der Waals surface area contributed by atoms with E-state index >= 15 is 0 Å². The number of nitrogens with two attached hydrogens (primary N) is 1. The highest BCUT2D eigenvalue weighted by molar-refractivity contribution is 5.69. The maximum absolute atomic E-state index is 11.3. The van der Waals surface area contributed by atoms with E-state index in [2.05, 4.69) is 11.8 Å². The standard InChI is InChI=1S/C15H24N2O2/c1-4-19-15(18)9-10-17(3)12(2)11-13-7-5-6-8-14(13)16/h5-8,12H,4,9-11,16H2,1-3H3. The van der Waals surface area contributed by atoms with Crippen LogP contribution in [0.25, 0.3) is 0 Å². The Labute approximate surface area is 115 Å².